The van der Waals surface area contributed by atoms with Gasteiger partial charge >= 0.3 is 5.97 Å². The zero-order valence-electron chi connectivity index (χ0n) is 11.9. The lowest BCUT2D eigenvalue weighted by Crippen LogP contribution is -2.43. The van der Waals surface area contributed by atoms with Crippen LogP contribution in [0.5, 0.6) is 0 Å². The number of amides is 1. The number of aliphatic carboxylic acids is 1. The van der Waals surface area contributed by atoms with E-state index in [1.54, 1.807) is 7.05 Å². The van der Waals surface area contributed by atoms with Crippen molar-refractivity contribution in [2.45, 2.75) is 57.4 Å². The molecule has 1 fully saturated rings. The van der Waals surface area contributed by atoms with Crippen molar-refractivity contribution in [1.82, 2.24) is 10.2 Å². The minimum Gasteiger partial charge on any atom is -0.481 e. The van der Waals surface area contributed by atoms with Crippen molar-refractivity contribution in [1.29, 1.82) is 0 Å². The van der Waals surface area contributed by atoms with Crippen LogP contribution in [0.2, 0.25) is 0 Å². The van der Waals surface area contributed by atoms with Crippen LogP contribution in [0.4, 0.5) is 0 Å². The molecule has 0 aliphatic heterocycles. The molecule has 0 aromatic heterocycles. The number of nitrogens with one attached hydrogen (secondary N) is 1. The van der Waals surface area contributed by atoms with Gasteiger partial charge in [-0.1, -0.05) is 32.1 Å². The number of carboxylic acid groups (broad SMARTS) is 1. The Morgan fingerprint density at radius 3 is 2.26 bits per heavy atom. The topological polar surface area (TPSA) is 69.6 Å². The molecule has 1 rings (SSSR count). The maximum atomic E-state index is 11.6. The molecule has 0 spiro atoms. The van der Waals surface area contributed by atoms with Crippen LogP contribution in [0.25, 0.3) is 0 Å². The zero-order chi connectivity index (χ0) is 14.1. The van der Waals surface area contributed by atoms with E-state index >= 15 is 0 Å². The third-order valence-electron chi connectivity index (χ3n) is 3.83. The summed E-state index contributed by atoms with van der Waals surface area (Å²) in [4.78, 5) is 24.4. The van der Waals surface area contributed by atoms with Crippen molar-refractivity contribution in [3.05, 3.63) is 0 Å². The Labute approximate surface area is 115 Å². The van der Waals surface area contributed by atoms with E-state index in [2.05, 4.69) is 10.2 Å². The Morgan fingerprint density at radius 1 is 1.16 bits per heavy atom. The summed E-state index contributed by atoms with van der Waals surface area (Å²) in [6.45, 7) is 0.780. The molecule has 0 saturated heterocycles. The number of carbonyl (C=O) groups excluding carboxylic acids is 1. The number of hydrogen-bond donors (Lipinski definition) is 2. The number of carboxylic acids is 1. The molecule has 0 radical (unpaired) electrons. The molecule has 0 atom stereocenters. The number of likely N-dealkylation sites (N-methyl/N-ethyl adjacent to an activating group) is 1. The van der Waals surface area contributed by atoms with E-state index in [4.69, 9.17) is 5.11 Å². The van der Waals surface area contributed by atoms with Crippen LogP contribution in [0.15, 0.2) is 0 Å². The van der Waals surface area contributed by atoms with Gasteiger partial charge in [-0.15, -0.1) is 0 Å². The third kappa shape index (κ3) is 6.57. The predicted molar refractivity (Wildman–Crippen MR) is 74.0 cm³/mol. The van der Waals surface area contributed by atoms with Crippen molar-refractivity contribution in [3.63, 3.8) is 0 Å². The van der Waals surface area contributed by atoms with E-state index in [1.165, 1.54) is 32.1 Å². The number of hydrogen-bond acceptors (Lipinski definition) is 3. The summed E-state index contributed by atoms with van der Waals surface area (Å²) in [7, 11) is 1.62. The molecule has 1 aliphatic carbocycles. The van der Waals surface area contributed by atoms with E-state index in [-0.39, 0.29) is 12.3 Å². The van der Waals surface area contributed by atoms with Crippen LogP contribution in [-0.2, 0) is 9.59 Å². The van der Waals surface area contributed by atoms with Crippen molar-refractivity contribution in [2.24, 2.45) is 0 Å². The van der Waals surface area contributed by atoms with Crippen LogP contribution < -0.4 is 5.32 Å². The second-order valence-electron chi connectivity index (χ2n) is 5.29. The van der Waals surface area contributed by atoms with E-state index < -0.39 is 5.97 Å². The van der Waals surface area contributed by atoms with Crippen molar-refractivity contribution in [3.8, 4) is 0 Å². The Morgan fingerprint density at radius 2 is 1.74 bits per heavy atom. The van der Waals surface area contributed by atoms with E-state index in [9.17, 15) is 9.59 Å². The second kappa shape index (κ2) is 8.91. The largest absolute Gasteiger partial charge is 0.481 e. The van der Waals surface area contributed by atoms with Crippen LogP contribution in [0.1, 0.15) is 51.4 Å². The maximum absolute atomic E-state index is 11.6. The first-order chi connectivity index (χ1) is 9.13. The quantitative estimate of drug-likeness (QED) is 0.769. The first-order valence-electron chi connectivity index (χ1n) is 7.30. The molecule has 1 aliphatic rings. The van der Waals surface area contributed by atoms with Crippen LogP contribution in [0, 0.1) is 0 Å². The van der Waals surface area contributed by atoms with E-state index in [0.29, 0.717) is 19.1 Å². The standard InChI is InChI=1S/C14H26N2O3/c1-15-13(17)11-16(10-9-14(18)19)12-7-5-3-2-4-6-8-12/h12H,2-11H2,1H3,(H,15,17)(H,18,19). The van der Waals surface area contributed by atoms with Crippen LogP contribution in [-0.4, -0.2) is 48.1 Å². The Bertz CT molecular complexity index is 286. The highest BCUT2D eigenvalue weighted by Crippen LogP contribution is 2.21. The zero-order valence-corrected chi connectivity index (χ0v) is 11.9. The van der Waals surface area contributed by atoms with Crippen LogP contribution >= 0.6 is 0 Å². The SMILES string of the molecule is CNC(=O)CN(CCC(=O)O)C1CCCCCCC1. The van der Waals surface area contributed by atoms with Gasteiger partial charge in [0.05, 0.1) is 13.0 Å². The molecule has 1 saturated carbocycles. The third-order valence-corrected chi connectivity index (χ3v) is 3.83. The summed E-state index contributed by atoms with van der Waals surface area (Å²) in [5.41, 5.74) is 0. The van der Waals surface area contributed by atoms with Crippen LogP contribution in [0.3, 0.4) is 0 Å². The molecule has 0 unspecified atom stereocenters. The van der Waals surface area contributed by atoms with E-state index in [1.807, 2.05) is 0 Å². The number of rotatable bonds is 6. The molecule has 0 aromatic carbocycles. The predicted octanol–water partition coefficient (Wildman–Crippen LogP) is 1.62. The highest BCUT2D eigenvalue weighted by Gasteiger charge is 2.21. The monoisotopic (exact) mass is 270 g/mol. The Kier molecular flexibility index (Phi) is 7.48. The molecular weight excluding hydrogens is 244 g/mol. The molecule has 110 valence electrons. The van der Waals surface area contributed by atoms with Gasteiger partial charge in [0.2, 0.25) is 5.91 Å². The average molecular weight is 270 g/mol. The van der Waals surface area contributed by atoms with Gasteiger partial charge in [-0.25, -0.2) is 0 Å². The molecule has 5 nitrogen and oxygen atoms in total. The fraction of sp³-hybridized carbons (Fsp3) is 0.857. The molecule has 1 amide bonds. The molecule has 19 heavy (non-hydrogen) atoms. The molecule has 0 bridgehead atoms. The first kappa shape index (κ1) is 16.0. The fourth-order valence-corrected chi connectivity index (χ4v) is 2.69. The first-order valence-corrected chi connectivity index (χ1v) is 7.30. The van der Waals surface area contributed by atoms with Gasteiger partial charge in [0, 0.05) is 19.6 Å². The van der Waals surface area contributed by atoms with Gasteiger partial charge in [0.25, 0.3) is 0 Å². The Balaban J connectivity index is 2.57. The minimum absolute atomic E-state index is 0.0348. The fourth-order valence-electron chi connectivity index (χ4n) is 2.69. The van der Waals surface area contributed by atoms with Gasteiger partial charge in [-0.05, 0) is 12.8 Å². The highest BCUT2D eigenvalue weighted by atomic mass is 16.4. The van der Waals surface area contributed by atoms with Gasteiger partial charge in [0.15, 0.2) is 0 Å². The Hall–Kier alpha value is -1.10. The molecule has 0 aromatic rings. The second-order valence-corrected chi connectivity index (χ2v) is 5.29. The average Bonchev–Trinajstić information content (AvgIpc) is 2.34. The maximum Gasteiger partial charge on any atom is 0.304 e. The summed E-state index contributed by atoms with van der Waals surface area (Å²) >= 11 is 0. The normalized spacial score (nSPS) is 17.8. The number of carbonyl (C=O) groups is 2. The lowest BCUT2D eigenvalue weighted by Gasteiger charge is -2.32. The number of nitrogens with zero attached hydrogens (tertiary/aromatic N) is 1. The lowest BCUT2D eigenvalue weighted by atomic mass is 9.95. The van der Waals surface area contributed by atoms with Gasteiger partial charge in [0.1, 0.15) is 0 Å². The summed E-state index contributed by atoms with van der Waals surface area (Å²) < 4.78 is 0. The van der Waals surface area contributed by atoms with Crippen molar-refractivity contribution >= 4 is 11.9 Å². The molecular formula is C14H26N2O3. The summed E-state index contributed by atoms with van der Waals surface area (Å²) in [5.74, 6) is -0.833. The van der Waals surface area contributed by atoms with Gasteiger partial charge in [-0.2, -0.15) is 0 Å². The van der Waals surface area contributed by atoms with Crippen molar-refractivity contribution in [2.75, 3.05) is 20.1 Å². The van der Waals surface area contributed by atoms with Gasteiger partial charge < -0.3 is 10.4 Å². The van der Waals surface area contributed by atoms with Crippen molar-refractivity contribution < 1.29 is 14.7 Å². The highest BCUT2D eigenvalue weighted by molar-refractivity contribution is 5.77. The van der Waals surface area contributed by atoms with Gasteiger partial charge in [-0.3, -0.25) is 14.5 Å². The lowest BCUT2D eigenvalue weighted by molar-refractivity contribution is -0.138. The van der Waals surface area contributed by atoms with E-state index in [0.717, 1.165) is 12.8 Å². The summed E-state index contributed by atoms with van der Waals surface area (Å²) in [5, 5.41) is 11.4. The summed E-state index contributed by atoms with van der Waals surface area (Å²) in [6.07, 6.45) is 8.44. The molecule has 2 N–H and O–H groups in total. The minimum atomic E-state index is -0.798. The molecule has 5 heteroatoms. The summed E-state index contributed by atoms with van der Waals surface area (Å²) in [6, 6.07) is 0.358. The molecule has 0 heterocycles. The smallest absolute Gasteiger partial charge is 0.304 e.